The van der Waals surface area contributed by atoms with E-state index in [4.69, 9.17) is 16.3 Å². The minimum absolute atomic E-state index is 0.219. The lowest BCUT2D eigenvalue weighted by molar-refractivity contribution is -0.118. The van der Waals surface area contributed by atoms with Crippen LogP contribution >= 0.6 is 27.5 Å². The number of carbonyl (C=O) groups excluding carboxylic acids is 1. The van der Waals surface area contributed by atoms with Crippen LogP contribution in [0.25, 0.3) is 5.69 Å². The zero-order valence-corrected chi connectivity index (χ0v) is 17.0. The van der Waals surface area contributed by atoms with Crippen LogP contribution in [0.1, 0.15) is 5.69 Å². The first kappa shape index (κ1) is 19.3. The van der Waals surface area contributed by atoms with Crippen molar-refractivity contribution in [1.82, 2.24) is 9.36 Å². The lowest BCUT2D eigenvalue weighted by Gasteiger charge is -2.08. The Kier molecular flexibility index (Phi) is 5.72. The second-order valence-corrected chi connectivity index (χ2v) is 7.17. The molecule has 0 atom stereocenters. The fourth-order valence-corrected chi connectivity index (χ4v) is 3.35. The van der Waals surface area contributed by atoms with Crippen molar-refractivity contribution < 1.29 is 9.53 Å². The van der Waals surface area contributed by atoms with Crippen LogP contribution < -0.4 is 15.6 Å². The van der Waals surface area contributed by atoms with Gasteiger partial charge in [-0.1, -0.05) is 45.7 Å². The molecule has 1 aromatic heterocycles. The molecule has 3 aromatic rings. The SMILES string of the molecule is Cc1c(NC(=O)COc2ccc(Br)cc2Cl)c(=O)n(-c2ccccc2)n1C. The summed E-state index contributed by atoms with van der Waals surface area (Å²) >= 11 is 9.38. The molecule has 1 N–H and O–H groups in total. The van der Waals surface area contributed by atoms with Crippen LogP contribution in [0.2, 0.25) is 5.02 Å². The molecule has 27 heavy (non-hydrogen) atoms. The summed E-state index contributed by atoms with van der Waals surface area (Å²) in [5.41, 5.74) is 1.26. The molecular weight excluding hydrogens is 434 g/mol. The molecule has 0 unspecified atom stereocenters. The van der Waals surface area contributed by atoms with Gasteiger partial charge in [0.25, 0.3) is 11.5 Å². The number of ether oxygens (including phenoxy) is 1. The minimum atomic E-state index is -0.444. The van der Waals surface area contributed by atoms with Crippen LogP contribution in [0.15, 0.2) is 57.8 Å². The summed E-state index contributed by atoms with van der Waals surface area (Å²) in [6, 6.07) is 14.3. The zero-order chi connectivity index (χ0) is 19.6. The van der Waals surface area contributed by atoms with E-state index < -0.39 is 5.91 Å². The fourth-order valence-electron chi connectivity index (χ4n) is 2.62. The molecule has 1 amide bonds. The first-order valence-corrected chi connectivity index (χ1v) is 9.27. The predicted molar refractivity (Wildman–Crippen MR) is 109 cm³/mol. The van der Waals surface area contributed by atoms with E-state index in [0.29, 0.717) is 22.2 Å². The van der Waals surface area contributed by atoms with Gasteiger partial charge in [0.2, 0.25) is 0 Å². The maximum Gasteiger partial charge on any atom is 0.295 e. The Morgan fingerprint density at radius 3 is 2.59 bits per heavy atom. The Labute approximate surface area is 169 Å². The number of nitrogens with zero attached hydrogens (tertiary/aromatic N) is 2. The fraction of sp³-hybridized carbons (Fsp3) is 0.158. The Bertz CT molecular complexity index is 1040. The van der Waals surface area contributed by atoms with Gasteiger partial charge in [-0.3, -0.25) is 14.3 Å². The van der Waals surface area contributed by atoms with Crippen molar-refractivity contribution in [3.05, 3.63) is 74.1 Å². The van der Waals surface area contributed by atoms with Crippen LogP contribution in [0.5, 0.6) is 5.75 Å². The summed E-state index contributed by atoms with van der Waals surface area (Å²) in [6.45, 7) is 1.50. The third kappa shape index (κ3) is 4.09. The third-order valence-corrected chi connectivity index (χ3v) is 4.86. The van der Waals surface area contributed by atoms with Crippen molar-refractivity contribution in [2.75, 3.05) is 11.9 Å². The molecule has 6 nitrogen and oxygen atoms in total. The molecular formula is C19H17BrClN3O3. The number of para-hydroxylation sites is 1. The number of hydrogen-bond acceptors (Lipinski definition) is 3. The molecule has 0 radical (unpaired) electrons. The maximum atomic E-state index is 12.8. The highest BCUT2D eigenvalue weighted by atomic mass is 79.9. The van der Waals surface area contributed by atoms with E-state index in [1.54, 1.807) is 36.9 Å². The van der Waals surface area contributed by atoms with Crippen molar-refractivity contribution in [3.63, 3.8) is 0 Å². The summed E-state index contributed by atoms with van der Waals surface area (Å²) in [7, 11) is 1.76. The number of benzene rings is 2. The Morgan fingerprint density at radius 2 is 1.93 bits per heavy atom. The lowest BCUT2D eigenvalue weighted by Crippen LogP contribution is -2.25. The Hall–Kier alpha value is -2.51. The summed E-state index contributed by atoms with van der Waals surface area (Å²) in [4.78, 5) is 25.1. The van der Waals surface area contributed by atoms with Crippen LogP contribution in [0.4, 0.5) is 5.69 Å². The van der Waals surface area contributed by atoms with E-state index in [1.165, 1.54) is 4.68 Å². The molecule has 0 bridgehead atoms. The van der Waals surface area contributed by atoms with E-state index in [2.05, 4.69) is 21.2 Å². The second-order valence-electron chi connectivity index (χ2n) is 5.85. The molecule has 3 rings (SSSR count). The number of rotatable bonds is 5. The van der Waals surface area contributed by atoms with Gasteiger partial charge in [0, 0.05) is 11.5 Å². The molecule has 0 fully saturated rings. The van der Waals surface area contributed by atoms with Crippen LogP contribution in [-0.4, -0.2) is 21.9 Å². The van der Waals surface area contributed by atoms with Gasteiger partial charge in [-0.05, 0) is 37.3 Å². The quantitative estimate of drug-likeness (QED) is 0.641. The normalized spacial score (nSPS) is 10.7. The van der Waals surface area contributed by atoms with Gasteiger partial charge < -0.3 is 10.1 Å². The number of anilines is 1. The number of halogens is 2. The highest BCUT2D eigenvalue weighted by molar-refractivity contribution is 9.10. The summed E-state index contributed by atoms with van der Waals surface area (Å²) in [5, 5.41) is 3.03. The Morgan fingerprint density at radius 1 is 1.22 bits per heavy atom. The van der Waals surface area contributed by atoms with Crippen LogP contribution in [0, 0.1) is 6.92 Å². The number of nitrogens with one attached hydrogen (secondary N) is 1. The molecule has 140 valence electrons. The van der Waals surface area contributed by atoms with E-state index in [9.17, 15) is 9.59 Å². The highest BCUT2D eigenvalue weighted by Crippen LogP contribution is 2.27. The van der Waals surface area contributed by atoms with Gasteiger partial charge in [-0.15, -0.1) is 0 Å². The first-order valence-electron chi connectivity index (χ1n) is 8.10. The van der Waals surface area contributed by atoms with Gasteiger partial charge in [0.05, 0.1) is 16.4 Å². The molecule has 1 heterocycles. The van der Waals surface area contributed by atoms with Gasteiger partial charge in [0.1, 0.15) is 11.4 Å². The van der Waals surface area contributed by atoms with E-state index in [1.807, 2.05) is 30.3 Å². The number of carbonyl (C=O) groups is 1. The van der Waals surface area contributed by atoms with Crippen LogP contribution in [0.3, 0.4) is 0 Å². The highest BCUT2D eigenvalue weighted by Gasteiger charge is 2.18. The second kappa shape index (κ2) is 8.02. The monoisotopic (exact) mass is 449 g/mol. The third-order valence-electron chi connectivity index (χ3n) is 4.07. The van der Waals surface area contributed by atoms with Crippen molar-refractivity contribution in [2.45, 2.75) is 6.92 Å². The van der Waals surface area contributed by atoms with Crippen molar-refractivity contribution >= 4 is 39.1 Å². The average Bonchev–Trinajstić information content (AvgIpc) is 2.85. The lowest BCUT2D eigenvalue weighted by atomic mass is 10.3. The van der Waals surface area contributed by atoms with E-state index in [0.717, 1.165) is 4.47 Å². The topological polar surface area (TPSA) is 65.3 Å². The minimum Gasteiger partial charge on any atom is -0.482 e. The van der Waals surface area contributed by atoms with Gasteiger partial charge in [-0.2, -0.15) is 0 Å². The van der Waals surface area contributed by atoms with Gasteiger partial charge >= 0.3 is 0 Å². The largest absolute Gasteiger partial charge is 0.482 e. The molecule has 0 aliphatic heterocycles. The average molecular weight is 451 g/mol. The number of aromatic nitrogens is 2. The van der Waals surface area contributed by atoms with Crippen molar-refractivity contribution in [1.29, 1.82) is 0 Å². The molecule has 0 aliphatic carbocycles. The summed E-state index contributed by atoms with van der Waals surface area (Å²) in [5.74, 6) is -0.0542. The molecule has 0 saturated heterocycles. The summed E-state index contributed by atoms with van der Waals surface area (Å²) < 4.78 is 9.45. The van der Waals surface area contributed by atoms with Gasteiger partial charge in [-0.25, -0.2) is 4.68 Å². The van der Waals surface area contributed by atoms with E-state index in [-0.39, 0.29) is 17.9 Å². The van der Waals surface area contributed by atoms with Gasteiger partial charge in [0.15, 0.2) is 6.61 Å². The number of amides is 1. The smallest absolute Gasteiger partial charge is 0.295 e. The van der Waals surface area contributed by atoms with E-state index >= 15 is 0 Å². The van der Waals surface area contributed by atoms with Crippen molar-refractivity contribution in [2.24, 2.45) is 7.05 Å². The molecule has 0 aliphatic rings. The molecule has 8 heteroatoms. The molecule has 2 aromatic carbocycles. The zero-order valence-electron chi connectivity index (χ0n) is 14.7. The first-order chi connectivity index (χ1) is 12.9. The molecule has 0 spiro atoms. The number of hydrogen-bond donors (Lipinski definition) is 1. The standard InChI is InChI=1S/C19H17BrClN3O3/c1-12-18(19(26)24(23(12)2)14-6-4-3-5-7-14)22-17(25)11-27-16-9-8-13(20)10-15(16)21/h3-10H,11H2,1-2H3,(H,22,25). The Balaban J connectivity index is 1.78. The van der Waals surface area contributed by atoms with Crippen molar-refractivity contribution in [3.8, 4) is 11.4 Å². The predicted octanol–water partition coefficient (Wildman–Crippen LogP) is 3.92. The maximum absolute atomic E-state index is 12.8. The summed E-state index contributed by atoms with van der Waals surface area (Å²) in [6.07, 6.45) is 0. The molecule has 0 saturated carbocycles. The van der Waals surface area contributed by atoms with Crippen LogP contribution in [-0.2, 0) is 11.8 Å².